The third-order valence-corrected chi connectivity index (χ3v) is 3.12. The summed E-state index contributed by atoms with van der Waals surface area (Å²) in [6, 6.07) is -0.606. The molecule has 5 heteroatoms. The van der Waals surface area contributed by atoms with Gasteiger partial charge >= 0.3 is 0 Å². The highest BCUT2D eigenvalue weighted by molar-refractivity contribution is 5.89. The molecule has 0 heterocycles. The molecule has 0 aromatic heterocycles. The number of hydrogen-bond donors (Lipinski definition) is 2. The van der Waals surface area contributed by atoms with Crippen LogP contribution in [0.2, 0.25) is 0 Å². The summed E-state index contributed by atoms with van der Waals surface area (Å²) in [6.45, 7) is 6.18. The van der Waals surface area contributed by atoms with Crippen molar-refractivity contribution in [2.24, 2.45) is 11.7 Å². The van der Waals surface area contributed by atoms with Crippen molar-refractivity contribution in [3.05, 3.63) is 0 Å². The monoisotopic (exact) mass is 271 g/mol. The lowest BCUT2D eigenvalue weighted by Gasteiger charge is -2.26. The first-order chi connectivity index (χ1) is 8.79. The fourth-order valence-electron chi connectivity index (χ4n) is 2.00. The Bertz CT molecular complexity index is 290. The maximum atomic E-state index is 12.2. The largest absolute Gasteiger partial charge is 0.345 e. The number of nitrogens with one attached hydrogen (secondary N) is 1. The summed E-state index contributed by atoms with van der Waals surface area (Å²) in [5.41, 5.74) is 5.49. The van der Waals surface area contributed by atoms with Crippen LogP contribution in [0.15, 0.2) is 0 Å². The molecule has 0 saturated carbocycles. The number of nitrogens with two attached hydrogens (primary N) is 1. The van der Waals surface area contributed by atoms with Gasteiger partial charge in [0.1, 0.15) is 0 Å². The van der Waals surface area contributed by atoms with Crippen LogP contribution in [0.1, 0.15) is 40.0 Å². The molecule has 0 aliphatic heterocycles. The number of hydrogen-bond acceptors (Lipinski definition) is 4. The van der Waals surface area contributed by atoms with E-state index < -0.39 is 0 Å². The van der Waals surface area contributed by atoms with Crippen molar-refractivity contribution < 1.29 is 9.59 Å². The summed E-state index contributed by atoms with van der Waals surface area (Å²) < 4.78 is 0. The fourth-order valence-corrected chi connectivity index (χ4v) is 2.00. The standard InChI is InChI=1S/C14H29N3O2/c1-10(2)9-12(11(3)18)16-14(19)13(17(4)5)7-6-8-15/h10,12-13H,6-9,15H2,1-5H3,(H,16,19). The van der Waals surface area contributed by atoms with Crippen molar-refractivity contribution >= 4 is 11.7 Å². The van der Waals surface area contributed by atoms with E-state index >= 15 is 0 Å². The molecule has 2 atom stereocenters. The second-order valence-corrected chi connectivity index (χ2v) is 5.71. The van der Waals surface area contributed by atoms with E-state index in [4.69, 9.17) is 5.73 Å². The maximum Gasteiger partial charge on any atom is 0.237 e. The number of carbonyl (C=O) groups excluding carboxylic acids is 2. The van der Waals surface area contributed by atoms with Crippen molar-refractivity contribution in [1.82, 2.24) is 10.2 Å². The fraction of sp³-hybridized carbons (Fsp3) is 0.857. The van der Waals surface area contributed by atoms with Crippen LogP contribution < -0.4 is 11.1 Å². The second-order valence-electron chi connectivity index (χ2n) is 5.71. The molecule has 0 fully saturated rings. The normalized spacial score (nSPS) is 14.5. The van der Waals surface area contributed by atoms with Gasteiger partial charge in [-0.05, 0) is 52.7 Å². The molecular formula is C14H29N3O2. The van der Waals surface area contributed by atoms with Crippen molar-refractivity contribution in [3.8, 4) is 0 Å². The number of rotatable bonds is 9. The predicted molar refractivity (Wildman–Crippen MR) is 77.8 cm³/mol. The van der Waals surface area contributed by atoms with Crippen LogP contribution in [0.25, 0.3) is 0 Å². The minimum atomic E-state index is -0.382. The molecule has 112 valence electrons. The van der Waals surface area contributed by atoms with Gasteiger partial charge in [-0.1, -0.05) is 13.8 Å². The van der Waals surface area contributed by atoms with E-state index in [2.05, 4.69) is 5.32 Å². The zero-order chi connectivity index (χ0) is 15.0. The minimum absolute atomic E-state index is 0.0124. The van der Waals surface area contributed by atoms with Gasteiger partial charge in [-0.3, -0.25) is 14.5 Å². The minimum Gasteiger partial charge on any atom is -0.345 e. The summed E-state index contributed by atoms with van der Waals surface area (Å²) in [4.78, 5) is 25.7. The van der Waals surface area contributed by atoms with Crippen LogP contribution in [-0.4, -0.2) is 49.3 Å². The Morgan fingerprint density at radius 1 is 1.26 bits per heavy atom. The highest BCUT2D eigenvalue weighted by Crippen LogP contribution is 2.08. The first kappa shape index (κ1) is 18.1. The Balaban J connectivity index is 4.61. The Morgan fingerprint density at radius 3 is 2.21 bits per heavy atom. The number of carbonyl (C=O) groups is 2. The smallest absolute Gasteiger partial charge is 0.237 e. The molecule has 0 aromatic carbocycles. The van der Waals surface area contributed by atoms with Crippen molar-refractivity contribution in [2.45, 2.75) is 52.1 Å². The van der Waals surface area contributed by atoms with E-state index in [1.807, 2.05) is 32.8 Å². The third kappa shape index (κ3) is 7.28. The van der Waals surface area contributed by atoms with E-state index in [1.54, 1.807) is 0 Å². The lowest BCUT2D eigenvalue weighted by atomic mass is 10.00. The molecule has 0 aliphatic rings. The van der Waals surface area contributed by atoms with Crippen LogP contribution in [0.3, 0.4) is 0 Å². The van der Waals surface area contributed by atoms with Gasteiger partial charge in [-0.15, -0.1) is 0 Å². The van der Waals surface area contributed by atoms with Crippen LogP contribution in [0, 0.1) is 5.92 Å². The molecule has 3 N–H and O–H groups in total. The van der Waals surface area contributed by atoms with Crippen molar-refractivity contribution in [1.29, 1.82) is 0 Å². The van der Waals surface area contributed by atoms with Gasteiger partial charge in [0, 0.05) is 0 Å². The van der Waals surface area contributed by atoms with Gasteiger partial charge in [0.2, 0.25) is 5.91 Å². The Labute approximate surface area is 116 Å². The van der Waals surface area contributed by atoms with Crippen LogP contribution in [-0.2, 0) is 9.59 Å². The molecule has 19 heavy (non-hydrogen) atoms. The summed E-state index contributed by atoms with van der Waals surface area (Å²) in [6.07, 6.45) is 2.19. The molecular weight excluding hydrogens is 242 g/mol. The van der Waals surface area contributed by atoms with Crippen LogP contribution in [0.5, 0.6) is 0 Å². The van der Waals surface area contributed by atoms with Gasteiger partial charge in [-0.2, -0.15) is 0 Å². The Morgan fingerprint density at radius 2 is 1.84 bits per heavy atom. The molecule has 0 saturated heterocycles. The molecule has 0 aromatic rings. The van der Waals surface area contributed by atoms with Gasteiger partial charge in [-0.25, -0.2) is 0 Å². The van der Waals surface area contributed by atoms with E-state index in [9.17, 15) is 9.59 Å². The van der Waals surface area contributed by atoms with E-state index in [1.165, 1.54) is 6.92 Å². The average Bonchev–Trinajstić information content (AvgIpc) is 2.27. The molecule has 0 aliphatic carbocycles. The topological polar surface area (TPSA) is 75.4 Å². The zero-order valence-corrected chi connectivity index (χ0v) is 12.9. The molecule has 0 bridgehead atoms. The number of likely N-dealkylation sites (N-methyl/N-ethyl adjacent to an activating group) is 1. The van der Waals surface area contributed by atoms with Gasteiger partial charge < -0.3 is 11.1 Å². The van der Waals surface area contributed by atoms with Crippen LogP contribution >= 0.6 is 0 Å². The highest BCUT2D eigenvalue weighted by atomic mass is 16.2. The van der Waals surface area contributed by atoms with Gasteiger partial charge in [0.05, 0.1) is 12.1 Å². The molecule has 2 unspecified atom stereocenters. The number of ketones is 1. The van der Waals surface area contributed by atoms with Crippen molar-refractivity contribution in [3.63, 3.8) is 0 Å². The lowest BCUT2D eigenvalue weighted by molar-refractivity contribution is -0.130. The molecule has 5 nitrogen and oxygen atoms in total. The second kappa shape index (κ2) is 9.04. The van der Waals surface area contributed by atoms with Gasteiger partial charge in [0.25, 0.3) is 0 Å². The number of amides is 1. The van der Waals surface area contributed by atoms with Crippen molar-refractivity contribution in [2.75, 3.05) is 20.6 Å². The molecule has 1 amide bonds. The Hall–Kier alpha value is -0.940. The highest BCUT2D eigenvalue weighted by Gasteiger charge is 2.25. The zero-order valence-electron chi connectivity index (χ0n) is 12.9. The summed E-state index contributed by atoms with van der Waals surface area (Å²) in [5.74, 6) is 0.300. The van der Waals surface area contributed by atoms with Crippen LogP contribution in [0.4, 0.5) is 0 Å². The lowest BCUT2D eigenvalue weighted by Crippen LogP contribution is -2.49. The van der Waals surface area contributed by atoms with E-state index in [0.29, 0.717) is 25.3 Å². The summed E-state index contributed by atoms with van der Waals surface area (Å²) in [7, 11) is 3.73. The summed E-state index contributed by atoms with van der Waals surface area (Å²) in [5, 5.41) is 2.87. The van der Waals surface area contributed by atoms with Gasteiger partial charge in [0.15, 0.2) is 5.78 Å². The SMILES string of the molecule is CC(=O)C(CC(C)C)NC(=O)C(CCCN)N(C)C. The quantitative estimate of drug-likeness (QED) is 0.649. The van der Waals surface area contributed by atoms with E-state index in [-0.39, 0.29) is 23.8 Å². The molecule has 0 spiro atoms. The number of Topliss-reactive ketones (excluding diaryl/α,β-unsaturated/α-hetero) is 1. The summed E-state index contributed by atoms with van der Waals surface area (Å²) >= 11 is 0. The number of nitrogens with zero attached hydrogens (tertiary/aromatic N) is 1. The molecule has 0 radical (unpaired) electrons. The first-order valence-corrected chi connectivity index (χ1v) is 6.96. The van der Waals surface area contributed by atoms with E-state index in [0.717, 1.165) is 6.42 Å². The predicted octanol–water partition coefficient (Wildman–Crippen LogP) is 0.775. The first-order valence-electron chi connectivity index (χ1n) is 6.96. The third-order valence-electron chi connectivity index (χ3n) is 3.12. The maximum absolute atomic E-state index is 12.2. The molecule has 0 rings (SSSR count). The average molecular weight is 271 g/mol. The Kier molecular flexibility index (Phi) is 8.59.